The maximum Gasteiger partial charge on any atom is 0.262 e. The number of hydrogen-bond donors (Lipinski definition) is 2. The summed E-state index contributed by atoms with van der Waals surface area (Å²) in [6.45, 7) is 7.12. The quantitative estimate of drug-likeness (QED) is 0.489. The number of anilines is 3. The number of nitrogens with one attached hydrogen (secondary N) is 2. The number of rotatable bonds is 9. The summed E-state index contributed by atoms with van der Waals surface area (Å²) in [7, 11) is 0. The van der Waals surface area contributed by atoms with Crippen molar-refractivity contribution >= 4 is 28.9 Å². The molecule has 0 aromatic heterocycles. The van der Waals surface area contributed by atoms with Gasteiger partial charge in [-0.3, -0.25) is 9.59 Å². The Morgan fingerprint density at radius 3 is 2.12 bits per heavy atom. The Morgan fingerprint density at radius 2 is 1.47 bits per heavy atom. The number of benzene rings is 3. The number of hydrogen-bond acceptors (Lipinski definition) is 4. The van der Waals surface area contributed by atoms with Crippen LogP contribution in [0.5, 0.6) is 5.75 Å². The van der Waals surface area contributed by atoms with Crippen molar-refractivity contribution in [3.05, 3.63) is 84.4 Å². The van der Waals surface area contributed by atoms with Crippen LogP contribution in [-0.4, -0.2) is 31.0 Å². The van der Waals surface area contributed by atoms with E-state index in [-0.39, 0.29) is 18.4 Å². The van der Waals surface area contributed by atoms with Gasteiger partial charge in [-0.05, 0) is 69.3 Å². The van der Waals surface area contributed by atoms with Crippen molar-refractivity contribution in [2.45, 2.75) is 26.8 Å². The Balaban J connectivity index is 1.59. The van der Waals surface area contributed by atoms with E-state index in [0.29, 0.717) is 28.7 Å². The van der Waals surface area contributed by atoms with Crippen LogP contribution in [0.25, 0.3) is 0 Å². The van der Waals surface area contributed by atoms with Gasteiger partial charge in [-0.25, -0.2) is 0 Å². The number of carbonyl (C=O) groups excluding carboxylic acids is 2. The average Bonchev–Trinajstić information content (AvgIpc) is 2.80. The van der Waals surface area contributed by atoms with E-state index in [2.05, 4.69) is 36.3 Å². The van der Waals surface area contributed by atoms with Gasteiger partial charge in [0.25, 0.3) is 11.8 Å². The normalized spacial score (nSPS) is 10.5. The Labute approximate surface area is 189 Å². The highest BCUT2D eigenvalue weighted by Gasteiger charge is 2.14. The molecular formula is C26H29N3O3. The first-order valence-corrected chi connectivity index (χ1v) is 10.7. The van der Waals surface area contributed by atoms with Crippen LogP contribution in [0.3, 0.4) is 0 Å². The molecule has 2 amide bonds. The van der Waals surface area contributed by atoms with Crippen LogP contribution in [0.2, 0.25) is 0 Å². The summed E-state index contributed by atoms with van der Waals surface area (Å²) < 4.78 is 5.66. The Morgan fingerprint density at radius 1 is 0.844 bits per heavy atom. The number of carbonyl (C=O) groups is 2. The predicted molar refractivity (Wildman–Crippen MR) is 130 cm³/mol. The van der Waals surface area contributed by atoms with Crippen LogP contribution in [-0.2, 0) is 4.79 Å². The summed E-state index contributed by atoms with van der Waals surface area (Å²) in [6, 6.07) is 24.2. The smallest absolute Gasteiger partial charge is 0.262 e. The highest BCUT2D eigenvalue weighted by Crippen LogP contribution is 2.21. The molecule has 3 rings (SSSR count). The van der Waals surface area contributed by atoms with E-state index < -0.39 is 0 Å². The summed E-state index contributed by atoms with van der Waals surface area (Å²) in [4.78, 5) is 27.3. The minimum atomic E-state index is -0.299. The number of nitrogens with zero attached hydrogens (tertiary/aromatic N) is 1. The fourth-order valence-corrected chi connectivity index (χ4v) is 3.42. The molecule has 0 aliphatic carbocycles. The first-order valence-electron chi connectivity index (χ1n) is 10.7. The summed E-state index contributed by atoms with van der Waals surface area (Å²) in [5, 5.41) is 5.66. The molecule has 0 heterocycles. The van der Waals surface area contributed by atoms with Crippen LogP contribution in [0.4, 0.5) is 17.1 Å². The van der Waals surface area contributed by atoms with E-state index >= 15 is 0 Å². The van der Waals surface area contributed by atoms with Crippen molar-refractivity contribution in [2.24, 2.45) is 0 Å². The third kappa shape index (κ3) is 6.11. The van der Waals surface area contributed by atoms with Crippen LogP contribution in [0.15, 0.2) is 78.9 Å². The van der Waals surface area contributed by atoms with Gasteiger partial charge in [0.2, 0.25) is 0 Å². The van der Waals surface area contributed by atoms with Gasteiger partial charge in [0.15, 0.2) is 6.61 Å². The Bertz CT molecular complexity index is 1030. The molecule has 0 spiro atoms. The molecule has 3 aromatic carbocycles. The largest absolute Gasteiger partial charge is 0.483 e. The first-order chi connectivity index (χ1) is 15.5. The zero-order valence-corrected chi connectivity index (χ0v) is 18.7. The van der Waals surface area contributed by atoms with E-state index in [1.807, 2.05) is 42.5 Å². The summed E-state index contributed by atoms with van der Waals surface area (Å²) in [5.41, 5.74) is 2.85. The molecule has 0 fully saturated rings. The van der Waals surface area contributed by atoms with Gasteiger partial charge in [-0.15, -0.1) is 0 Å². The monoisotopic (exact) mass is 431 g/mol. The second-order valence-electron chi connectivity index (χ2n) is 7.58. The molecule has 2 N–H and O–H groups in total. The Kier molecular flexibility index (Phi) is 7.86. The topological polar surface area (TPSA) is 70.7 Å². The number of para-hydroxylation sites is 2. The van der Waals surface area contributed by atoms with Crippen LogP contribution in [0, 0.1) is 0 Å². The average molecular weight is 432 g/mol. The fraction of sp³-hybridized carbons (Fsp3) is 0.231. The SMILES string of the molecule is CCN(c1ccc(NC(=O)COc2ccccc2C(=O)Nc2ccccc2)cc1)C(C)C. The molecule has 166 valence electrons. The lowest BCUT2D eigenvalue weighted by Crippen LogP contribution is -2.30. The molecular weight excluding hydrogens is 402 g/mol. The first kappa shape index (κ1) is 22.9. The highest BCUT2D eigenvalue weighted by molar-refractivity contribution is 6.06. The summed E-state index contributed by atoms with van der Waals surface area (Å²) in [5.74, 6) is -0.248. The third-order valence-electron chi connectivity index (χ3n) is 4.97. The number of amides is 2. The van der Waals surface area contributed by atoms with Crippen molar-refractivity contribution < 1.29 is 14.3 Å². The molecule has 0 radical (unpaired) electrons. The second-order valence-corrected chi connectivity index (χ2v) is 7.58. The van der Waals surface area contributed by atoms with Gasteiger partial charge in [-0.2, -0.15) is 0 Å². The van der Waals surface area contributed by atoms with E-state index in [4.69, 9.17) is 4.74 Å². The van der Waals surface area contributed by atoms with Gasteiger partial charge in [-0.1, -0.05) is 30.3 Å². The Hall–Kier alpha value is -3.80. The van der Waals surface area contributed by atoms with Crippen molar-refractivity contribution in [3.8, 4) is 5.75 Å². The lowest BCUT2D eigenvalue weighted by molar-refractivity contribution is -0.118. The van der Waals surface area contributed by atoms with E-state index in [1.165, 1.54) is 0 Å². The molecule has 0 bridgehead atoms. The molecule has 0 aliphatic rings. The maximum atomic E-state index is 12.6. The molecule has 32 heavy (non-hydrogen) atoms. The molecule has 0 aliphatic heterocycles. The zero-order chi connectivity index (χ0) is 22.9. The second kappa shape index (κ2) is 11.0. The van der Waals surface area contributed by atoms with Gasteiger partial charge in [0, 0.05) is 29.6 Å². The predicted octanol–water partition coefficient (Wildman–Crippen LogP) is 5.19. The molecule has 0 unspecified atom stereocenters. The van der Waals surface area contributed by atoms with Crippen LogP contribution in [0.1, 0.15) is 31.1 Å². The lowest BCUT2D eigenvalue weighted by Gasteiger charge is -2.27. The highest BCUT2D eigenvalue weighted by atomic mass is 16.5. The van der Waals surface area contributed by atoms with Crippen molar-refractivity contribution in [1.82, 2.24) is 0 Å². The van der Waals surface area contributed by atoms with E-state index in [1.54, 1.807) is 36.4 Å². The van der Waals surface area contributed by atoms with Gasteiger partial charge < -0.3 is 20.3 Å². The lowest BCUT2D eigenvalue weighted by atomic mass is 10.2. The van der Waals surface area contributed by atoms with Gasteiger partial charge in [0.05, 0.1) is 5.56 Å². The molecule has 0 saturated heterocycles. The van der Waals surface area contributed by atoms with Crippen molar-refractivity contribution in [1.29, 1.82) is 0 Å². The molecule has 6 nitrogen and oxygen atoms in total. The van der Waals surface area contributed by atoms with E-state index in [9.17, 15) is 9.59 Å². The van der Waals surface area contributed by atoms with Gasteiger partial charge >= 0.3 is 0 Å². The molecule has 0 saturated carbocycles. The summed E-state index contributed by atoms with van der Waals surface area (Å²) in [6.07, 6.45) is 0. The molecule has 0 atom stereocenters. The van der Waals surface area contributed by atoms with Crippen molar-refractivity contribution in [2.75, 3.05) is 28.7 Å². The summed E-state index contributed by atoms with van der Waals surface area (Å²) >= 11 is 0. The fourth-order valence-electron chi connectivity index (χ4n) is 3.42. The standard InChI is InChI=1S/C26H29N3O3/c1-4-29(19(2)3)22-16-14-21(15-17-22)27-25(30)18-32-24-13-9-8-12-23(24)26(31)28-20-10-6-5-7-11-20/h5-17,19H,4,18H2,1-3H3,(H,27,30)(H,28,31). The van der Waals surface area contributed by atoms with Crippen molar-refractivity contribution in [3.63, 3.8) is 0 Å². The van der Waals surface area contributed by atoms with Crippen LogP contribution >= 0.6 is 0 Å². The minimum absolute atomic E-state index is 0.204. The zero-order valence-electron chi connectivity index (χ0n) is 18.7. The number of ether oxygens (including phenoxy) is 1. The molecule has 6 heteroatoms. The third-order valence-corrected chi connectivity index (χ3v) is 4.97. The van der Waals surface area contributed by atoms with Crippen LogP contribution < -0.4 is 20.3 Å². The van der Waals surface area contributed by atoms with Gasteiger partial charge in [0.1, 0.15) is 5.75 Å². The van der Waals surface area contributed by atoms with E-state index in [0.717, 1.165) is 12.2 Å². The maximum absolute atomic E-state index is 12.6. The minimum Gasteiger partial charge on any atom is -0.483 e. The molecule has 3 aromatic rings.